The number of hydrogen-bond acceptors (Lipinski definition) is 6. The first-order valence-electron chi connectivity index (χ1n) is 11.9. The molecule has 0 aromatic heterocycles. The van der Waals surface area contributed by atoms with Crippen molar-refractivity contribution in [2.75, 3.05) is 0 Å². The van der Waals surface area contributed by atoms with E-state index >= 15 is 0 Å². The van der Waals surface area contributed by atoms with Crippen molar-refractivity contribution < 1.29 is 28.6 Å². The fraction of sp³-hybridized carbons (Fsp3) is 0.731. The monoisotopic (exact) mass is 448 g/mol. The number of ether oxygens (including phenoxy) is 3. The molecule has 32 heavy (non-hydrogen) atoms. The van der Waals surface area contributed by atoms with Crippen molar-refractivity contribution >= 4 is 17.7 Å². The predicted molar refractivity (Wildman–Crippen MR) is 123 cm³/mol. The largest absolute Gasteiger partial charge is 0.461 e. The Kier molecular flexibility index (Phi) is 9.68. The first-order chi connectivity index (χ1) is 15.0. The van der Waals surface area contributed by atoms with Gasteiger partial charge < -0.3 is 14.2 Å². The molecule has 2 rings (SSSR count). The average Bonchev–Trinajstić information content (AvgIpc) is 2.98. The van der Waals surface area contributed by atoms with E-state index < -0.39 is 12.1 Å². The van der Waals surface area contributed by atoms with Gasteiger partial charge in [-0.3, -0.25) is 9.59 Å². The Labute approximate surface area is 192 Å². The van der Waals surface area contributed by atoms with Gasteiger partial charge in [0.1, 0.15) is 18.0 Å². The molecule has 2 unspecified atom stereocenters. The van der Waals surface area contributed by atoms with Crippen molar-refractivity contribution in [2.24, 2.45) is 11.8 Å². The zero-order valence-electron chi connectivity index (χ0n) is 20.5. The maximum Gasteiger partial charge on any atom is 0.330 e. The first-order valence-corrected chi connectivity index (χ1v) is 11.9. The highest BCUT2D eigenvalue weighted by molar-refractivity contribution is 5.82. The molecular formula is C26H40O6. The molecule has 0 radical (unpaired) electrons. The van der Waals surface area contributed by atoms with Crippen LogP contribution in [0.15, 0.2) is 23.8 Å². The third-order valence-corrected chi connectivity index (χ3v) is 6.31. The molecule has 2 heterocycles. The van der Waals surface area contributed by atoms with E-state index in [4.69, 9.17) is 14.2 Å². The maximum atomic E-state index is 12.5. The molecule has 6 nitrogen and oxygen atoms in total. The summed E-state index contributed by atoms with van der Waals surface area (Å²) in [6, 6.07) is 0. The van der Waals surface area contributed by atoms with E-state index in [0.717, 1.165) is 31.3 Å². The van der Waals surface area contributed by atoms with Crippen LogP contribution in [0.5, 0.6) is 0 Å². The van der Waals surface area contributed by atoms with E-state index in [9.17, 15) is 14.4 Å². The number of rotatable bonds is 4. The Hall–Kier alpha value is -1.95. The van der Waals surface area contributed by atoms with Crippen molar-refractivity contribution in [3.63, 3.8) is 0 Å². The summed E-state index contributed by atoms with van der Waals surface area (Å²) >= 11 is 0. The molecule has 180 valence electrons. The molecule has 0 spiro atoms. The second-order valence-electron chi connectivity index (χ2n) is 9.92. The summed E-state index contributed by atoms with van der Waals surface area (Å²) in [5.74, 6) is -1.05. The van der Waals surface area contributed by atoms with Gasteiger partial charge in [-0.2, -0.15) is 0 Å². The van der Waals surface area contributed by atoms with Crippen LogP contribution in [0.3, 0.4) is 0 Å². The number of esters is 2. The van der Waals surface area contributed by atoms with Crippen LogP contribution in [0.1, 0.15) is 86.5 Å². The molecule has 6 heteroatoms. The van der Waals surface area contributed by atoms with E-state index in [2.05, 4.69) is 19.9 Å². The van der Waals surface area contributed by atoms with Gasteiger partial charge in [-0.15, -0.1) is 0 Å². The SMILES string of the molecule is CCC[C@]1(C)C[C@H]2OC(=O)/C=C/C(C)CC(=O)OC(CC(C)=O)[C@H](C)/C=C(\C)CC[C@@H]2O1. The topological polar surface area (TPSA) is 78.9 Å². The van der Waals surface area contributed by atoms with E-state index in [1.165, 1.54) is 13.0 Å². The summed E-state index contributed by atoms with van der Waals surface area (Å²) in [4.78, 5) is 36.7. The van der Waals surface area contributed by atoms with E-state index in [1.807, 2.05) is 20.8 Å². The van der Waals surface area contributed by atoms with Crippen LogP contribution in [0.25, 0.3) is 0 Å². The molecule has 0 saturated carbocycles. The molecule has 0 aliphatic carbocycles. The number of Topliss-reactive ketones (excluding diaryl/α,β-unsaturated/α-hetero) is 1. The highest BCUT2D eigenvalue weighted by Gasteiger charge is 2.44. The summed E-state index contributed by atoms with van der Waals surface area (Å²) in [5.41, 5.74) is 0.849. The molecule has 0 aromatic rings. The molecule has 1 saturated heterocycles. The molecule has 1 fully saturated rings. The lowest BCUT2D eigenvalue weighted by molar-refractivity contribution is -0.152. The number of allylic oxidation sites excluding steroid dienone is 2. The molecule has 0 N–H and O–H groups in total. The van der Waals surface area contributed by atoms with Gasteiger partial charge in [0.2, 0.25) is 0 Å². The Bertz CT molecular complexity index is 739. The third kappa shape index (κ3) is 8.19. The average molecular weight is 449 g/mol. The fourth-order valence-electron chi connectivity index (χ4n) is 4.71. The molecular weight excluding hydrogens is 408 g/mol. The molecule has 2 aliphatic rings. The van der Waals surface area contributed by atoms with Crippen molar-refractivity contribution in [3.05, 3.63) is 23.8 Å². The molecule has 0 aromatic carbocycles. The number of hydrogen-bond donors (Lipinski definition) is 0. The molecule has 2 aliphatic heterocycles. The minimum absolute atomic E-state index is 0.0109. The van der Waals surface area contributed by atoms with Gasteiger partial charge in [0.05, 0.1) is 18.1 Å². The Morgan fingerprint density at radius 1 is 1.19 bits per heavy atom. The standard InChI is InChI=1S/C26H40O6/c1-7-12-26(6)16-23-21(32-26)10-8-17(2)13-19(4)22(15-20(5)27)30-25(29)14-18(3)9-11-24(28)31-23/h9,11,13,18-19,21-23H,7-8,10,12,14-16H2,1-6H3/b11-9+,17-13+/t18?,19-,21+,22?,23-,26-/m1/s1. The Balaban J connectivity index is 2.26. The molecule has 0 amide bonds. The van der Waals surface area contributed by atoms with Gasteiger partial charge in [-0.25, -0.2) is 4.79 Å². The van der Waals surface area contributed by atoms with Crippen LogP contribution < -0.4 is 0 Å². The lowest BCUT2D eigenvalue weighted by Crippen LogP contribution is -2.28. The highest BCUT2D eigenvalue weighted by Crippen LogP contribution is 2.38. The number of ketones is 1. The summed E-state index contributed by atoms with van der Waals surface area (Å²) < 4.78 is 17.8. The Morgan fingerprint density at radius 3 is 2.56 bits per heavy atom. The summed E-state index contributed by atoms with van der Waals surface area (Å²) in [7, 11) is 0. The van der Waals surface area contributed by atoms with Crippen LogP contribution in [0.4, 0.5) is 0 Å². The van der Waals surface area contributed by atoms with Gasteiger partial charge in [0.15, 0.2) is 0 Å². The van der Waals surface area contributed by atoms with E-state index in [-0.39, 0.29) is 54.2 Å². The predicted octanol–water partition coefficient (Wildman–Crippen LogP) is 5.10. The van der Waals surface area contributed by atoms with Crippen molar-refractivity contribution in [1.82, 2.24) is 0 Å². The third-order valence-electron chi connectivity index (χ3n) is 6.31. The normalized spacial score (nSPS) is 37.6. The molecule has 6 atom stereocenters. The van der Waals surface area contributed by atoms with Gasteiger partial charge in [0.25, 0.3) is 0 Å². The Morgan fingerprint density at radius 2 is 1.91 bits per heavy atom. The second-order valence-corrected chi connectivity index (χ2v) is 9.92. The van der Waals surface area contributed by atoms with Crippen LogP contribution >= 0.6 is 0 Å². The van der Waals surface area contributed by atoms with Gasteiger partial charge in [-0.1, -0.05) is 44.9 Å². The number of cyclic esters (lactones) is 1. The number of fused-ring (bicyclic) bond motifs is 1. The van der Waals surface area contributed by atoms with E-state index in [1.54, 1.807) is 6.08 Å². The smallest absolute Gasteiger partial charge is 0.330 e. The zero-order chi connectivity index (χ0) is 23.9. The van der Waals surface area contributed by atoms with Crippen LogP contribution in [-0.4, -0.2) is 41.6 Å². The van der Waals surface area contributed by atoms with Crippen LogP contribution in [0, 0.1) is 11.8 Å². The van der Waals surface area contributed by atoms with Crippen LogP contribution in [-0.2, 0) is 28.6 Å². The fourth-order valence-corrected chi connectivity index (χ4v) is 4.71. The summed E-state index contributed by atoms with van der Waals surface area (Å²) in [6.07, 6.45) is 8.68. The first kappa shape index (κ1) is 26.3. The van der Waals surface area contributed by atoms with Crippen LogP contribution in [0.2, 0.25) is 0 Å². The lowest BCUT2D eigenvalue weighted by atomic mass is 9.93. The highest BCUT2D eigenvalue weighted by atomic mass is 16.6. The maximum absolute atomic E-state index is 12.5. The minimum Gasteiger partial charge on any atom is -0.461 e. The van der Waals surface area contributed by atoms with Crippen molar-refractivity contribution in [2.45, 2.75) is 110 Å². The summed E-state index contributed by atoms with van der Waals surface area (Å²) in [5, 5.41) is 0. The zero-order valence-corrected chi connectivity index (χ0v) is 20.5. The van der Waals surface area contributed by atoms with Gasteiger partial charge in [-0.05, 0) is 46.0 Å². The number of carbonyl (C=O) groups is 3. The quantitative estimate of drug-likeness (QED) is 0.440. The summed E-state index contributed by atoms with van der Waals surface area (Å²) in [6.45, 7) is 11.6. The second kappa shape index (κ2) is 11.8. The molecule has 0 bridgehead atoms. The van der Waals surface area contributed by atoms with Gasteiger partial charge in [0, 0.05) is 24.8 Å². The van der Waals surface area contributed by atoms with Crippen molar-refractivity contribution in [1.29, 1.82) is 0 Å². The minimum atomic E-state index is -0.493. The number of carbonyl (C=O) groups excluding carboxylic acids is 3. The van der Waals surface area contributed by atoms with E-state index in [0.29, 0.717) is 6.42 Å². The lowest BCUT2D eigenvalue weighted by Gasteiger charge is -2.24. The van der Waals surface area contributed by atoms with Crippen molar-refractivity contribution in [3.8, 4) is 0 Å². The van der Waals surface area contributed by atoms with Gasteiger partial charge >= 0.3 is 11.9 Å².